The molecule has 2 heterocycles. The van der Waals surface area contributed by atoms with Gasteiger partial charge in [0.1, 0.15) is 16.7 Å². The van der Waals surface area contributed by atoms with E-state index >= 15 is 0 Å². The van der Waals surface area contributed by atoms with Gasteiger partial charge in [0.25, 0.3) is 0 Å². The molecule has 1 fully saturated rings. The Balaban J connectivity index is 2.09. The zero-order valence-corrected chi connectivity index (χ0v) is 12.9. The molecule has 1 aliphatic carbocycles. The highest BCUT2D eigenvalue weighted by atomic mass is 32.1. The summed E-state index contributed by atoms with van der Waals surface area (Å²) in [6, 6.07) is 10.8. The first-order valence-electron chi connectivity index (χ1n) is 7.27. The summed E-state index contributed by atoms with van der Waals surface area (Å²) in [5, 5.41) is 10.7. The number of hydrogen-bond donors (Lipinski definition) is 0. The van der Waals surface area contributed by atoms with Crippen LogP contribution in [0.1, 0.15) is 34.9 Å². The number of fused-ring (bicyclic) bond motifs is 1. The first-order chi connectivity index (χ1) is 10.7. The van der Waals surface area contributed by atoms with Gasteiger partial charge in [-0.05, 0) is 43.5 Å². The summed E-state index contributed by atoms with van der Waals surface area (Å²) >= 11 is 1.65. The average Bonchev–Trinajstić information content (AvgIpc) is 3.28. The van der Waals surface area contributed by atoms with Gasteiger partial charge in [0.2, 0.25) is 0 Å². The second-order valence-electron chi connectivity index (χ2n) is 5.72. The maximum atomic E-state index is 13.2. The van der Waals surface area contributed by atoms with E-state index in [4.69, 9.17) is 4.98 Å². The summed E-state index contributed by atoms with van der Waals surface area (Å²) in [6.45, 7) is 2.05. The van der Waals surface area contributed by atoms with Crippen LogP contribution in [-0.2, 0) is 0 Å². The van der Waals surface area contributed by atoms with Gasteiger partial charge in [-0.3, -0.25) is 0 Å². The van der Waals surface area contributed by atoms with Crippen molar-refractivity contribution in [3.63, 3.8) is 0 Å². The Hall–Kier alpha value is -2.25. The number of benzene rings is 1. The smallest absolute Gasteiger partial charge is 0.124 e. The van der Waals surface area contributed by atoms with Crippen LogP contribution >= 0.6 is 11.3 Å². The maximum Gasteiger partial charge on any atom is 0.124 e. The molecule has 4 heteroatoms. The van der Waals surface area contributed by atoms with Gasteiger partial charge in [-0.1, -0.05) is 12.1 Å². The lowest BCUT2D eigenvalue weighted by atomic mass is 9.95. The highest BCUT2D eigenvalue weighted by Crippen LogP contribution is 2.45. The second-order valence-corrected chi connectivity index (χ2v) is 6.95. The van der Waals surface area contributed by atoms with Gasteiger partial charge in [-0.15, -0.1) is 11.3 Å². The minimum Gasteiger partial charge on any atom is -0.240 e. The monoisotopic (exact) mass is 308 g/mol. The summed E-state index contributed by atoms with van der Waals surface area (Å²) in [5.41, 5.74) is 3.35. The molecule has 3 aromatic rings. The molecule has 0 unspecified atom stereocenters. The summed E-state index contributed by atoms with van der Waals surface area (Å²) in [5.74, 6) is 0.136. The molecule has 2 nitrogen and oxygen atoms in total. The number of halogens is 1. The van der Waals surface area contributed by atoms with Crippen LogP contribution in [0.5, 0.6) is 0 Å². The third-order valence-electron chi connectivity index (χ3n) is 4.04. The summed E-state index contributed by atoms with van der Waals surface area (Å²) in [4.78, 5) is 6.89. The molecule has 22 heavy (non-hydrogen) atoms. The number of nitriles is 1. The van der Waals surface area contributed by atoms with Gasteiger partial charge in [0, 0.05) is 21.7 Å². The van der Waals surface area contributed by atoms with Gasteiger partial charge in [-0.2, -0.15) is 5.26 Å². The first kappa shape index (κ1) is 13.4. The topological polar surface area (TPSA) is 36.7 Å². The van der Waals surface area contributed by atoms with E-state index in [9.17, 15) is 9.65 Å². The Morgan fingerprint density at radius 3 is 2.64 bits per heavy atom. The molecule has 1 aromatic carbocycles. The number of aromatic nitrogens is 1. The van der Waals surface area contributed by atoms with Crippen LogP contribution in [0.15, 0.2) is 30.3 Å². The largest absolute Gasteiger partial charge is 0.240 e. The molecule has 0 aliphatic heterocycles. The molecular formula is C18H13FN2S. The van der Waals surface area contributed by atoms with Crippen molar-refractivity contribution in [3.05, 3.63) is 52.3 Å². The van der Waals surface area contributed by atoms with Gasteiger partial charge < -0.3 is 0 Å². The van der Waals surface area contributed by atoms with Gasteiger partial charge in [0.15, 0.2) is 0 Å². The van der Waals surface area contributed by atoms with Crippen molar-refractivity contribution in [3.8, 4) is 17.2 Å². The minimum absolute atomic E-state index is 0.267. The number of hydrogen-bond acceptors (Lipinski definition) is 3. The molecule has 0 radical (unpaired) electrons. The average molecular weight is 308 g/mol. The molecule has 0 atom stereocenters. The van der Waals surface area contributed by atoms with Gasteiger partial charge in [-0.25, -0.2) is 9.37 Å². The van der Waals surface area contributed by atoms with E-state index in [0.717, 1.165) is 39.9 Å². The SMILES string of the molecule is Cc1cc2c(-c3ccc(F)cc3)c(C#N)c(C3CC3)nc2s1. The zero-order chi connectivity index (χ0) is 15.3. The van der Waals surface area contributed by atoms with Crippen LogP contribution in [0.3, 0.4) is 0 Å². The normalized spacial score (nSPS) is 14.2. The number of aryl methyl sites for hydroxylation is 1. The predicted molar refractivity (Wildman–Crippen MR) is 86.4 cm³/mol. The molecule has 0 amide bonds. The standard InChI is InChI=1S/C18H13FN2S/c1-10-8-14-16(11-4-6-13(19)7-5-11)15(9-20)17(12-2-3-12)21-18(14)22-10/h4-8,12H,2-3H2,1H3. The van der Waals surface area contributed by atoms with E-state index in [1.165, 1.54) is 17.0 Å². The van der Waals surface area contributed by atoms with Crippen LogP contribution in [0, 0.1) is 24.1 Å². The van der Waals surface area contributed by atoms with Gasteiger partial charge in [0.05, 0.1) is 11.3 Å². The molecule has 108 valence electrons. The van der Waals surface area contributed by atoms with Crippen LogP contribution < -0.4 is 0 Å². The minimum atomic E-state index is -0.267. The Morgan fingerprint density at radius 1 is 1.27 bits per heavy atom. The lowest BCUT2D eigenvalue weighted by Crippen LogP contribution is -1.97. The fourth-order valence-electron chi connectivity index (χ4n) is 2.87. The zero-order valence-electron chi connectivity index (χ0n) is 12.1. The molecule has 0 N–H and O–H groups in total. The molecule has 2 aromatic heterocycles. The van der Waals surface area contributed by atoms with E-state index in [1.54, 1.807) is 23.5 Å². The lowest BCUT2D eigenvalue weighted by molar-refractivity contribution is 0.628. The Labute approximate surface area is 131 Å². The van der Waals surface area contributed by atoms with Crippen molar-refractivity contribution < 1.29 is 4.39 Å². The van der Waals surface area contributed by atoms with Crippen molar-refractivity contribution in [2.45, 2.75) is 25.7 Å². The van der Waals surface area contributed by atoms with E-state index in [2.05, 4.69) is 12.1 Å². The molecule has 4 rings (SSSR count). The fraction of sp³-hybridized carbons (Fsp3) is 0.222. The lowest BCUT2D eigenvalue weighted by Gasteiger charge is -2.10. The fourth-order valence-corrected chi connectivity index (χ4v) is 3.77. The number of rotatable bonds is 2. The van der Waals surface area contributed by atoms with E-state index in [-0.39, 0.29) is 5.82 Å². The first-order valence-corrected chi connectivity index (χ1v) is 8.09. The van der Waals surface area contributed by atoms with Crippen LogP contribution in [-0.4, -0.2) is 4.98 Å². The van der Waals surface area contributed by atoms with E-state index < -0.39 is 0 Å². The number of thiophene rings is 1. The maximum absolute atomic E-state index is 13.2. The number of pyridine rings is 1. The van der Waals surface area contributed by atoms with E-state index in [0.29, 0.717) is 11.5 Å². The van der Waals surface area contributed by atoms with Gasteiger partial charge >= 0.3 is 0 Å². The highest BCUT2D eigenvalue weighted by Gasteiger charge is 2.30. The van der Waals surface area contributed by atoms with E-state index in [1.807, 2.05) is 6.92 Å². The Kier molecular flexibility index (Phi) is 2.98. The molecular weight excluding hydrogens is 295 g/mol. The van der Waals surface area contributed by atoms with Crippen molar-refractivity contribution in [1.29, 1.82) is 5.26 Å². The summed E-state index contributed by atoms with van der Waals surface area (Å²) < 4.78 is 13.2. The summed E-state index contributed by atoms with van der Waals surface area (Å²) in [7, 11) is 0. The molecule has 0 bridgehead atoms. The molecule has 0 spiro atoms. The quantitative estimate of drug-likeness (QED) is 0.655. The van der Waals surface area contributed by atoms with Crippen molar-refractivity contribution in [1.82, 2.24) is 4.98 Å². The third-order valence-corrected chi connectivity index (χ3v) is 4.99. The predicted octanol–water partition coefficient (Wildman–Crippen LogP) is 5.16. The molecule has 0 saturated heterocycles. The Bertz CT molecular complexity index is 915. The van der Waals surface area contributed by atoms with Crippen molar-refractivity contribution >= 4 is 21.6 Å². The van der Waals surface area contributed by atoms with Crippen LogP contribution in [0.25, 0.3) is 21.3 Å². The summed E-state index contributed by atoms with van der Waals surface area (Å²) in [6.07, 6.45) is 2.20. The van der Waals surface area contributed by atoms with Crippen molar-refractivity contribution in [2.75, 3.05) is 0 Å². The Morgan fingerprint density at radius 2 is 2.00 bits per heavy atom. The molecule has 1 aliphatic rings. The van der Waals surface area contributed by atoms with Crippen LogP contribution in [0.2, 0.25) is 0 Å². The molecule has 1 saturated carbocycles. The third kappa shape index (κ3) is 2.10. The van der Waals surface area contributed by atoms with Crippen LogP contribution in [0.4, 0.5) is 4.39 Å². The highest BCUT2D eigenvalue weighted by molar-refractivity contribution is 7.18. The van der Waals surface area contributed by atoms with Crippen molar-refractivity contribution in [2.24, 2.45) is 0 Å². The second kappa shape index (κ2) is 4.89. The number of nitrogens with zero attached hydrogens (tertiary/aromatic N) is 2.